The van der Waals surface area contributed by atoms with Gasteiger partial charge in [-0.25, -0.2) is 22.7 Å². The van der Waals surface area contributed by atoms with E-state index in [2.05, 4.69) is 20.2 Å². The first kappa shape index (κ1) is 27.1. The van der Waals surface area contributed by atoms with Crippen LogP contribution in [0.3, 0.4) is 0 Å². The molecule has 196 valence electrons. The number of sulfonamides is 1. The van der Waals surface area contributed by atoms with Gasteiger partial charge in [-0.2, -0.15) is 0 Å². The zero-order valence-electron chi connectivity index (χ0n) is 20.7. The molecule has 0 aliphatic carbocycles. The maximum atomic E-state index is 13.3. The van der Waals surface area contributed by atoms with E-state index in [0.29, 0.717) is 52.8 Å². The third-order valence-corrected chi connectivity index (χ3v) is 9.31. The average molecular weight is 556 g/mol. The van der Waals surface area contributed by atoms with Crippen LogP contribution >= 0.6 is 23.2 Å². The van der Waals surface area contributed by atoms with E-state index < -0.39 is 10.0 Å². The van der Waals surface area contributed by atoms with Crippen molar-refractivity contribution in [3.8, 4) is 0 Å². The van der Waals surface area contributed by atoms with E-state index in [1.54, 1.807) is 19.2 Å². The van der Waals surface area contributed by atoms with Gasteiger partial charge in [-0.15, -0.1) is 0 Å². The molecular formula is C24H32Cl2N6O3S. The second-order valence-electron chi connectivity index (χ2n) is 9.54. The first-order valence-electron chi connectivity index (χ1n) is 12.0. The Bertz CT molecular complexity index is 1220. The van der Waals surface area contributed by atoms with Gasteiger partial charge in [0.2, 0.25) is 10.0 Å². The highest BCUT2D eigenvalue weighted by Crippen LogP contribution is 2.26. The number of carbonyl (C=O) groups excluding carboxylic acids is 1. The van der Waals surface area contributed by atoms with Crippen molar-refractivity contribution in [2.45, 2.75) is 44.8 Å². The van der Waals surface area contributed by atoms with Crippen LogP contribution in [0.2, 0.25) is 10.0 Å². The lowest BCUT2D eigenvalue weighted by Gasteiger charge is -2.37. The fourth-order valence-electron chi connectivity index (χ4n) is 4.93. The van der Waals surface area contributed by atoms with Crippen LogP contribution in [-0.2, 0) is 16.6 Å². The molecule has 2 aliphatic rings. The number of aromatic nitrogens is 2. The molecule has 1 N–H and O–H groups in total. The molecule has 2 fully saturated rings. The lowest BCUT2D eigenvalue weighted by Crippen LogP contribution is -2.47. The number of carbonyl (C=O) groups is 1. The number of amides is 1. The Morgan fingerprint density at radius 3 is 2.53 bits per heavy atom. The van der Waals surface area contributed by atoms with Crippen LogP contribution in [0.5, 0.6) is 0 Å². The Kier molecular flexibility index (Phi) is 8.41. The predicted molar refractivity (Wildman–Crippen MR) is 142 cm³/mol. The number of nitrogens with one attached hydrogen (secondary N) is 1. The van der Waals surface area contributed by atoms with Crippen LogP contribution in [0, 0.1) is 6.92 Å². The summed E-state index contributed by atoms with van der Waals surface area (Å²) < 4.78 is 25.2. The van der Waals surface area contributed by atoms with E-state index in [4.69, 9.17) is 23.2 Å². The second-order valence-corrected chi connectivity index (χ2v) is 12.4. The second kappa shape index (κ2) is 11.2. The topological polar surface area (TPSA) is 98.7 Å². The fraction of sp³-hybridized carbons (Fsp3) is 0.542. The maximum Gasteiger partial charge on any atom is 0.272 e. The zero-order valence-corrected chi connectivity index (χ0v) is 23.1. The van der Waals surface area contributed by atoms with Gasteiger partial charge in [0.15, 0.2) is 0 Å². The normalized spacial score (nSPS) is 19.7. The Morgan fingerprint density at radius 2 is 1.86 bits per heavy atom. The number of hydrogen-bond acceptors (Lipinski definition) is 7. The number of nitrogens with zero attached hydrogens (tertiary/aromatic N) is 5. The van der Waals surface area contributed by atoms with Gasteiger partial charge in [-0.1, -0.05) is 29.3 Å². The highest BCUT2D eigenvalue weighted by atomic mass is 35.5. The summed E-state index contributed by atoms with van der Waals surface area (Å²) in [5.74, 6) is 0.509. The monoisotopic (exact) mass is 554 g/mol. The predicted octanol–water partition coefficient (Wildman–Crippen LogP) is 3.27. The summed E-state index contributed by atoms with van der Waals surface area (Å²) in [5.41, 5.74) is 2.05. The largest absolute Gasteiger partial charge is 0.366 e. The van der Waals surface area contributed by atoms with Crippen molar-refractivity contribution >= 4 is 45.0 Å². The first-order chi connectivity index (χ1) is 17.0. The highest BCUT2D eigenvalue weighted by Gasteiger charge is 2.35. The number of likely N-dealkylation sites (tertiary alicyclic amines) is 2. The Hall–Kier alpha value is -1.98. The lowest BCUT2D eigenvalue weighted by atomic mass is 10.0. The summed E-state index contributed by atoms with van der Waals surface area (Å²) in [7, 11) is -1.54. The van der Waals surface area contributed by atoms with Crippen molar-refractivity contribution in [3.05, 3.63) is 51.4 Å². The van der Waals surface area contributed by atoms with Crippen LogP contribution in [0.4, 0.5) is 5.82 Å². The quantitative estimate of drug-likeness (QED) is 0.560. The molecule has 1 amide bonds. The van der Waals surface area contributed by atoms with Gasteiger partial charge in [-0.3, -0.25) is 9.69 Å². The van der Waals surface area contributed by atoms with Crippen molar-refractivity contribution in [1.82, 2.24) is 24.1 Å². The van der Waals surface area contributed by atoms with E-state index in [0.717, 1.165) is 37.9 Å². The average Bonchev–Trinajstić information content (AvgIpc) is 3.34. The molecule has 1 atom stereocenters. The highest BCUT2D eigenvalue weighted by molar-refractivity contribution is 7.88. The van der Waals surface area contributed by atoms with E-state index in [-0.39, 0.29) is 11.9 Å². The molecule has 0 saturated carbocycles. The molecule has 4 rings (SSSR count). The van der Waals surface area contributed by atoms with E-state index in [9.17, 15) is 13.2 Å². The SMILES string of the molecule is Cc1c(NCc2ccc(Cl)c(Cl)c2)ncnc1C(=O)N1CCC(N2CC[C@H](N(C)S(C)(=O)=O)C2)CC1. The fourth-order valence-corrected chi connectivity index (χ4v) is 5.96. The van der Waals surface area contributed by atoms with Crippen molar-refractivity contribution in [2.24, 2.45) is 0 Å². The number of hydrogen-bond donors (Lipinski definition) is 1. The summed E-state index contributed by atoms with van der Waals surface area (Å²) in [4.78, 5) is 26.1. The number of halogens is 2. The summed E-state index contributed by atoms with van der Waals surface area (Å²) in [5, 5.41) is 4.25. The Balaban J connectivity index is 1.34. The minimum absolute atomic E-state index is 0.0122. The zero-order chi connectivity index (χ0) is 26.0. The molecular weight excluding hydrogens is 523 g/mol. The maximum absolute atomic E-state index is 13.3. The van der Waals surface area contributed by atoms with Crippen molar-refractivity contribution < 1.29 is 13.2 Å². The van der Waals surface area contributed by atoms with Gasteiger partial charge in [-0.05, 0) is 43.9 Å². The Morgan fingerprint density at radius 1 is 1.14 bits per heavy atom. The summed E-state index contributed by atoms with van der Waals surface area (Å²) >= 11 is 12.1. The molecule has 0 radical (unpaired) electrons. The molecule has 0 bridgehead atoms. The van der Waals surface area contributed by atoms with Crippen molar-refractivity contribution in [1.29, 1.82) is 0 Å². The number of rotatable bonds is 7. The molecule has 2 aromatic rings. The van der Waals surface area contributed by atoms with Crippen LogP contribution in [0.15, 0.2) is 24.5 Å². The standard InChI is InChI=1S/C24H32Cl2N6O3S/c1-16-22(28-15-29-23(16)27-13-17-4-5-20(25)21(26)12-17)24(33)31-9-6-18(7-10-31)32-11-8-19(14-32)30(2)36(3,34)35/h4-5,12,15,18-19H,6-11,13-14H2,1-3H3,(H,27,28,29)/t19-/m0/s1. The van der Waals surface area contributed by atoms with Crippen LogP contribution in [0.25, 0.3) is 0 Å². The smallest absolute Gasteiger partial charge is 0.272 e. The van der Waals surface area contributed by atoms with E-state index in [1.807, 2.05) is 17.9 Å². The molecule has 0 spiro atoms. The molecule has 1 aromatic carbocycles. The molecule has 0 unspecified atom stereocenters. The lowest BCUT2D eigenvalue weighted by molar-refractivity contribution is 0.0633. The van der Waals surface area contributed by atoms with Crippen LogP contribution < -0.4 is 5.32 Å². The molecule has 2 aliphatic heterocycles. The summed E-state index contributed by atoms with van der Waals surface area (Å²) in [6, 6.07) is 5.79. The van der Waals surface area contributed by atoms with Gasteiger partial charge in [0.05, 0.1) is 16.3 Å². The third kappa shape index (κ3) is 6.11. The molecule has 36 heavy (non-hydrogen) atoms. The van der Waals surface area contributed by atoms with Gasteiger partial charge in [0, 0.05) is 57.4 Å². The molecule has 1 aromatic heterocycles. The van der Waals surface area contributed by atoms with Crippen molar-refractivity contribution in [3.63, 3.8) is 0 Å². The summed E-state index contributed by atoms with van der Waals surface area (Å²) in [6.45, 7) is 5.23. The van der Waals surface area contributed by atoms with Gasteiger partial charge in [0.1, 0.15) is 17.8 Å². The number of anilines is 1. The number of benzene rings is 1. The molecule has 2 saturated heterocycles. The minimum atomic E-state index is -3.20. The van der Waals surface area contributed by atoms with Gasteiger partial charge < -0.3 is 10.2 Å². The molecule has 3 heterocycles. The van der Waals surface area contributed by atoms with Crippen molar-refractivity contribution in [2.75, 3.05) is 44.8 Å². The third-order valence-electron chi connectivity index (χ3n) is 7.23. The van der Waals surface area contributed by atoms with Crippen LogP contribution in [-0.4, -0.2) is 90.0 Å². The summed E-state index contributed by atoms with van der Waals surface area (Å²) in [6.07, 6.45) is 5.21. The number of likely N-dealkylation sites (N-methyl/N-ethyl adjacent to an activating group) is 1. The van der Waals surface area contributed by atoms with Gasteiger partial charge >= 0.3 is 0 Å². The van der Waals surface area contributed by atoms with E-state index in [1.165, 1.54) is 16.9 Å². The first-order valence-corrected chi connectivity index (χ1v) is 14.6. The van der Waals surface area contributed by atoms with Crippen LogP contribution in [0.1, 0.15) is 40.9 Å². The van der Waals surface area contributed by atoms with E-state index >= 15 is 0 Å². The minimum Gasteiger partial charge on any atom is -0.366 e. The van der Waals surface area contributed by atoms with Gasteiger partial charge in [0.25, 0.3) is 5.91 Å². The Labute approximate surface area is 222 Å². The molecule has 9 nitrogen and oxygen atoms in total. The number of piperidine rings is 1. The molecule has 12 heteroatoms.